The molecule has 0 radical (unpaired) electrons. The monoisotopic (exact) mass is 332 g/mol. The molecule has 0 amide bonds. The van der Waals surface area contributed by atoms with E-state index < -0.39 is 17.7 Å². The second-order valence-electron chi connectivity index (χ2n) is 3.97. The molecule has 0 bridgehead atoms. The minimum absolute atomic E-state index is 0.0646. The molecule has 1 aromatic carbocycles. The SMILES string of the molecule is Cc1sc(C(O)Cc2c(F)cccc2F)cc1Br. The molecule has 0 aliphatic carbocycles. The number of halogens is 3. The Morgan fingerprint density at radius 1 is 1.33 bits per heavy atom. The van der Waals surface area contributed by atoms with Gasteiger partial charge in [-0.25, -0.2) is 8.78 Å². The molecule has 1 aromatic heterocycles. The van der Waals surface area contributed by atoms with Gasteiger partial charge in [0.05, 0.1) is 6.10 Å². The van der Waals surface area contributed by atoms with Gasteiger partial charge in [0.25, 0.3) is 0 Å². The summed E-state index contributed by atoms with van der Waals surface area (Å²) in [7, 11) is 0. The molecule has 0 aliphatic rings. The minimum Gasteiger partial charge on any atom is -0.387 e. The minimum atomic E-state index is -0.897. The summed E-state index contributed by atoms with van der Waals surface area (Å²) in [6, 6.07) is 5.48. The van der Waals surface area contributed by atoms with Gasteiger partial charge in [-0.05, 0) is 41.1 Å². The Hall–Kier alpha value is -0.780. The molecule has 0 saturated heterocycles. The van der Waals surface area contributed by atoms with Crippen molar-refractivity contribution >= 4 is 27.3 Å². The van der Waals surface area contributed by atoms with Gasteiger partial charge < -0.3 is 5.11 Å². The fourth-order valence-corrected chi connectivity index (χ4v) is 3.21. The van der Waals surface area contributed by atoms with Gasteiger partial charge in [-0.15, -0.1) is 11.3 Å². The lowest BCUT2D eigenvalue weighted by Gasteiger charge is -2.10. The second-order valence-corrected chi connectivity index (χ2v) is 6.12. The van der Waals surface area contributed by atoms with Gasteiger partial charge in [0, 0.05) is 26.2 Å². The first-order valence-corrected chi connectivity index (χ1v) is 6.96. The van der Waals surface area contributed by atoms with E-state index in [-0.39, 0.29) is 12.0 Å². The topological polar surface area (TPSA) is 20.2 Å². The third-order valence-electron chi connectivity index (χ3n) is 2.66. The summed E-state index contributed by atoms with van der Waals surface area (Å²) < 4.78 is 27.8. The molecule has 0 saturated carbocycles. The average molecular weight is 333 g/mol. The third-order valence-corrected chi connectivity index (χ3v) is 4.90. The van der Waals surface area contributed by atoms with Gasteiger partial charge in [0.2, 0.25) is 0 Å². The van der Waals surface area contributed by atoms with Crippen molar-refractivity contribution in [1.29, 1.82) is 0 Å². The summed E-state index contributed by atoms with van der Waals surface area (Å²) in [6.07, 6.45) is -0.961. The average Bonchev–Trinajstić information content (AvgIpc) is 2.64. The van der Waals surface area contributed by atoms with Crippen LogP contribution in [0.3, 0.4) is 0 Å². The van der Waals surface area contributed by atoms with Crippen molar-refractivity contribution in [3.63, 3.8) is 0 Å². The van der Waals surface area contributed by atoms with Crippen LogP contribution in [0.25, 0.3) is 0 Å². The van der Waals surface area contributed by atoms with Crippen LogP contribution in [0.1, 0.15) is 21.4 Å². The molecule has 2 aromatic rings. The van der Waals surface area contributed by atoms with Crippen LogP contribution in [-0.4, -0.2) is 5.11 Å². The van der Waals surface area contributed by atoms with Crippen LogP contribution in [0.15, 0.2) is 28.7 Å². The van der Waals surface area contributed by atoms with Crippen LogP contribution in [-0.2, 0) is 6.42 Å². The van der Waals surface area contributed by atoms with E-state index in [1.54, 1.807) is 6.07 Å². The maximum Gasteiger partial charge on any atom is 0.129 e. The van der Waals surface area contributed by atoms with Gasteiger partial charge in [-0.3, -0.25) is 0 Å². The highest BCUT2D eigenvalue weighted by Crippen LogP contribution is 2.32. The Morgan fingerprint density at radius 3 is 2.44 bits per heavy atom. The van der Waals surface area contributed by atoms with Crippen LogP contribution < -0.4 is 0 Å². The van der Waals surface area contributed by atoms with Crippen molar-refractivity contribution in [2.75, 3.05) is 0 Å². The van der Waals surface area contributed by atoms with Crippen molar-refractivity contribution in [3.8, 4) is 0 Å². The number of thiophene rings is 1. The van der Waals surface area contributed by atoms with E-state index in [1.165, 1.54) is 29.5 Å². The quantitative estimate of drug-likeness (QED) is 0.884. The first-order chi connectivity index (χ1) is 8.49. The number of hydrogen-bond donors (Lipinski definition) is 1. The first kappa shape index (κ1) is 13.6. The van der Waals surface area contributed by atoms with Crippen LogP contribution >= 0.6 is 27.3 Å². The van der Waals surface area contributed by atoms with Crippen molar-refractivity contribution in [1.82, 2.24) is 0 Å². The van der Waals surface area contributed by atoms with Crippen molar-refractivity contribution in [2.45, 2.75) is 19.4 Å². The Kier molecular flexibility index (Phi) is 4.14. The lowest BCUT2D eigenvalue weighted by atomic mass is 10.1. The largest absolute Gasteiger partial charge is 0.387 e. The fourth-order valence-electron chi connectivity index (χ4n) is 1.67. The Bertz CT molecular complexity index is 528. The number of hydrogen-bond acceptors (Lipinski definition) is 2. The molecule has 18 heavy (non-hydrogen) atoms. The van der Waals surface area contributed by atoms with Crippen molar-refractivity contribution < 1.29 is 13.9 Å². The predicted molar refractivity (Wildman–Crippen MR) is 71.8 cm³/mol. The maximum absolute atomic E-state index is 13.5. The van der Waals surface area contributed by atoms with Crippen molar-refractivity contribution in [3.05, 3.63) is 55.7 Å². The molecule has 1 heterocycles. The molecule has 5 heteroatoms. The molecule has 2 rings (SSSR count). The summed E-state index contributed by atoms with van der Waals surface area (Å²) in [4.78, 5) is 1.72. The van der Waals surface area contributed by atoms with E-state index in [2.05, 4.69) is 15.9 Å². The van der Waals surface area contributed by atoms with Crippen LogP contribution in [0.4, 0.5) is 8.78 Å². The van der Waals surface area contributed by atoms with Gasteiger partial charge in [-0.2, -0.15) is 0 Å². The molecule has 0 aliphatic heterocycles. The molecule has 1 unspecified atom stereocenters. The van der Waals surface area contributed by atoms with E-state index in [9.17, 15) is 13.9 Å². The number of aliphatic hydroxyl groups is 1. The molecule has 1 N–H and O–H groups in total. The molecule has 0 spiro atoms. The highest BCUT2D eigenvalue weighted by Gasteiger charge is 2.17. The van der Waals surface area contributed by atoms with Gasteiger partial charge >= 0.3 is 0 Å². The highest BCUT2D eigenvalue weighted by molar-refractivity contribution is 9.10. The van der Waals surface area contributed by atoms with Gasteiger partial charge in [-0.1, -0.05) is 6.07 Å². The number of aliphatic hydroxyl groups excluding tert-OH is 1. The van der Waals surface area contributed by atoms with Crippen LogP contribution in [0.5, 0.6) is 0 Å². The van der Waals surface area contributed by atoms with E-state index in [4.69, 9.17) is 0 Å². The summed E-state index contributed by atoms with van der Waals surface area (Å²) >= 11 is 4.76. The summed E-state index contributed by atoms with van der Waals surface area (Å²) in [6.45, 7) is 1.91. The van der Waals surface area contributed by atoms with Crippen LogP contribution in [0.2, 0.25) is 0 Å². The normalized spacial score (nSPS) is 12.7. The molecule has 1 atom stereocenters. The Morgan fingerprint density at radius 2 is 1.94 bits per heavy atom. The number of rotatable bonds is 3. The Balaban J connectivity index is 2.23. The maximum atomic E-state index is 13.5. The summed E-state index contributed by atoms with van der Waals surface area (Å²) in [5.41, 5.74) is -0.0767. The lowest BCUT2D eigenvalue weighted by molar-refractivity contribution is 0.179. The van der Waals surface area contributed by atoms with E-state index >= 15 is 0 Å². The standard InChI is InChI=1S/C13H11BrF2OS/c1-7-9(14)6-13(18-7)12(17)5-8-10(15)3-2-4-11(8)16/h2-4,6,12,17H,5H2,1H3. The molecule has 0 fully saturated rings. The van der Waals surface area contributed by atoms with Crippen molar-refractivity contribution in [2.24, 2.45) is 0 Å². The van der Waals surface area contributed by atoms with Gasteiger partial charge in [0.1, 0.15) is 11.6 Å². The second kappa shape index (κ2) is 5.47. The predicted octanol–water partition coefficient (Wildman–Crippen LogP) is 4.37. The number of aryl methyl sites for hydroxylation is 1. The van der Waals surface area contributed by atoms with E-state index in [0.29, 0.717) is 4.88 Å². The lowest BCUT2D eigenvalue weighted by Crippen LogP contribution is -2.04. The van der Waals surface area contributed by atoms with Crippen LogP contribution in [0, 0.1) is 18.6 Å². The summed E-state index contributed by atoms with van der Waals surface area (Å²) in [5, 5.41) is 10.0. The number of benzene rings is 1. The van der Waals surface area contributed by atoms with Gasteiger partial charge in [0.15, 0.2) is 0 Å². The zero-order chi connectivity index (χ0) is 13.3. The fraction of sp³-hybridized carbons (Fsp3) is 0.231. The Labute approximate surface area is 116 Å². The first-order valence-electron chi connectivity index (χ1n) is 5.36. The highest BCUT2D eigenvalue weighted by atomic mass is 79.9. The summed E-state index contributed by atoms with van der Waals surface area (Å²) in [5.74, 6) is -1.25. The zero-order valence-electron chi connectivity index (χ0n) is 9.58. The molecular weight excluding hydrogens is 322 g/mol. The smallest absolute Gasteiger partial charge is 0.129 e. The zero-order valence-corrected chi connectivity index (χ0v) is 12.0. The molecule has 1 nitrogen and oxygen atoms in total. The van der Waals surface area contributed by atoms with E-state index in [0.717, 1.165) is 9.35 Å². The third kappa shape index (κ3) is 2.79. The molecule has 96 valence electrons. The van der Waals surface area contributed by atoms with E-state index in [1.807, 2.05) is 6.92 Å². The molecular formula is C13H11BrF2OS.